The molecule has 6 nitrogen and oxygen atoms in total. The van der Waals surface area contributed by atoms with Gasteiger partial charge in [-0.05, 0) is 34.5 Å². The van der Waals surface area contributed by atoms with Crippen LogP contribution in [-0.2, 0) is 24.3 Å². The zero-order valence-corrected chi connectivity index (χ0v) is 12.0. The van der Waals surface area contributed by atoms with Crippen molar-refractivity contribution in [1.82, 2.24) is 25.1 Å². The van der Waals surface area contributed by atoms with Crippen LogP contribution < -0.4 is 0 Å². The largest absolute Gasteiger partial charge is 0.336 e. The molecule has 0 atom stereocenters. The lowest BCUT2D eigenvalue weighted by Gasteiger charge is -2.29. The second-order valence-corrected chi connectivity index (χ2v) is 5.41. The maximum absolute atomic E-state index is 13.9. The first-order valence-electron chi connectivity index (χ1n) is 6.09. The molecule has 1 amide bonds. The number of rotatable bonds is 2. The van der Waals surface area contributed by atoms with Crippen LogP contribution in [0, 0.1) is 5.82 Å². The Morgan fingerprint density at radius 1 is 1.40 bits per heavy atom. The minimum atomic E-state index is -0.275. The summed E-state index contributed by atoms with van der Waals surface area (Å²) >= 11 is 3.42. The summed E-state index contributed by atoms with van der Waals surface area (Å²) < 4.78 is 16.1. The molecule has 3 rings (SSSR count). The van der Waals surface area contributed by atoms with Gasteiger partial charge in [-0.2, -0.15) is 0 Å². The number of fused-ring (bicyclic) bond motifs is 1. The number of halogens is 2. The topological polar surface area (TPSA) is 63.9 Å². The minimum absolute atomic E-state index is 0.0674. The number of nitrogens with zero attached hydrogens (tertiary/aromatic N) is 5. The summed E-state index contributed by atoms with van der Waals surface area (Å²) in [6, 6.07) is 3.12. The molecule has 8 heteroatoms. The van der Waals surface area contributed by atoms with Crippen LogP contribution >= 0.6 is 15.9 Å². The van der Waals surface area contributed by atoms with Gasteiger partial charge in [-0.3, -0.25) is 4.79 Å². The highest BCUT2D eigenvalue weighted by molar-refractivity contribution is 9.10. The Balaban J connectivity index is 1.78. The van der Waals surface area contributed by atoms with Gasteiger partial charge in [0.2, 0.25) is 5.91 Å². The second kappa shape index (κ2) is 5.28. The van der Waals surface area contributed by atoms with Gasteiger partial charge in [0.05, 0.1) is 0 Å². The van der Waals surface area contributed by atoms with Gasteiger partial charge in [-0.25, -0.2) is 9.07 Å². The van der Waals surface area contributed by atoms with E-state index >= 15 is 0 Å². The molecule has 0 spiro atoms. The Hall–Kier alpha value is -1.83. The lowest BCUT2D eigenvalue weighted by molar-refractivity contribution is -0.133. The van der Waals surface area contributed by atoms with E-state index < -0.39 is 0 Å². The number of hydrogen-bond acceptors (Lipinski definition) is 4. The Bertz CT molecular complexity index is 646. The van der Waals surface area contributed by atoms with Crippen LogP contribution in [0.1, 0.15) is 11.1 Å². The number of carbonyl (C=O) groups is 1. The van der Waals surface area contributed by atoms with Crippen molar-refractivity contribution in [1.29, 1.82) is 0 Å². The zero-order valence-electron chi connectivity index (χ0n) is 10.5. The minimum Gasteiger partial charge on any atom is -0.336 e. The van der Waals surface area contributed by atoms with E-state index in [2.05, 4.69) is 31.5 Å². The summed E-state index contributed by atoms with van der Waals surface area (Å²) in [6.07, 6.45) is 2.02. The molecule has 0 saturated heterocycles. The number of hydrogen-bond donors (Lipinski definition) is 0. The standard InChI is InChI=1S/C12H11BrFN5O/c13-10-1-2-11(14)9-5-18(4-3-8(9)10)12(20)6-19-7-15-16-17-19/h1-2,7H,3-6H2. The van der Waals surface area contributed by atoms with Crippen LogP contribution in [0.5, 0.6) is 0 Å². The molecule has 0 saturated carbocycles. The van der Waals surface area contributed by atoms with Crippen molar-refractivity contribution in [3.8, 4) is 0 Å². The number of aromatic nitrogens is 4. The normalized spacial score (nSPS) is 14.2. The molecular formula is C12H11BrFN5O. The first-order valence-corrected chi connectivity index (χ1v) is 6.89. The molecule has 20 heavy (non-hydrogen) atoms. The molecule has 0 fully saturated rings. The summed E-state index contributed by atoms with van der Waals surface area (Å²) in [5.74, 6) is -0.398. The summed E-state index contributed by atoms with van der Waals surface area (Å²) in [6.45, 7) is 0.912. The van der Waals surface area contributed by atoms with Gasteiger partial charge in [-0.1, -0.05) is 15.9 Å². The van der Waals surface area contributed by atoms with Crippen molar-refractivity contribution in [2.24, 2.45) is 0 Å². The Morgan fingerprint density at radius 2 is 2.25 bits per heavy atom. The third kappa shape index (κ3) is 2.43. The van der Waals surface area contributed by atoms with Gasteiger partial charge >= 0.3 is 0 Å². The summed E-state index contributed by atoms with van der Waals surface area (Å²) in [7, 11) is 0. The zero-order chi connectivity index (χ0) is 14.1. The number of benzene rings is 1. The summed E-state index contributed by atoms with van der Waals surface area (Å²) in [5, 5.41) is 10.6. The van der Waals surface area contributed by atoms with Crippen LogP contribution in [0.3, 0.4) is 0 Å². The van der Waals surface area contributed by atoms with Crippen molar-refractivity contribution in [2.75, 3.05) is 6.54 Å². The third-order valence-corrected chi connectivity index (χ3v) is 4.08. The molecule has 1 aliphatic heterocycles. The van der Waals surface area contributed by atoms with Gasteiger partial charge < -0.3 is 4.90 Å². The van der Waals surface area contributed by atoms with Crippen molar-refractivity contribution in [3.05, 3.63) is 39.9 Å². The fourth-order valence-electron chi connectivity index (χ4n) is 2.30. The Morgan fingerprint density at radius 3 is 3.00 bits per heavy atom. The summed E-state index contributed by atoms with van der Waals surface area (Å²) in [4.78, 5) is 13.8. The molecule has 1 aromatic heterocycles. The molecule has 2 aromatic rings. The van der Waals surface area contributed by atoms with E-state index in [9.17, 15) is 9.18 Å². The van der Waals surface area contributed by atoms with Gasteiger partial charge in [0.1, 0.15) is 18.7 Å². The smallest absolute Gasteiger partial charge is 0.244 e. The van der Waals surface area contributed by atoms with E-state index in [4.69, 9.17) is 0 Å². The third-order valence-electron chi connectivity index (χ3n) is 3.34. The predicted molar refractivity (Wildman–Crippen MR) is 71.0 cm³/mol. The average Bonchev–Trinajstić information content (AvgIpc) is 2.95. The lowest BCUT2D eigenvalue weighted by Crippen LogP contribution is -2.38. The first kappa shape index (κ1) is 13.2. The molecule has 0 radical (unpaired) electrons. The quantitative estimate of drug-likeness (QED) is 0.823. The van der Waals surface area contributed by atoms with Crippen LogP contribution in [0.25, 0.3) is 0 Å². The SMILES string of the molecule is O=C(Cn1cnnn1)N1CCc2c(Br)ccc(F)c2C1. The number of amides is 1. The van der Waals surface area contributed by atoms with Crippen LogP contribution in [0.4, 0.5) is 4.39 Å². The fraction of sp³-hybridized carbons (Fsp3) is 0.333. The predicted octanol–water partition coefficient (Wildman–Crippen LogP) is 1.16. The highest BCUT2D eigenvalue weighted by Gasteiger charge is 2.24. The molecule has 1 aromatic carbocycles. The molecule has 104 valence electrons. The molecule has 0 N–H and O–H groups in total. The molecular weight excluding hydrogens is 329 g/mol. The van der Waals surface area contributed by atoms with E-state index in [1.54, 1.807) is 11.0 Å². The van der Waals surface area contributed by atoms with Crippen LogP contribution in [-0.4, -0.2) is 37.6 Å². The van der Waals surface area contributed by atoms with Gasteiger partial charge in [0.25, 0.3) is 0 Å². The van der Waals surface area contributed by atoms with E-state index in [-0.39, 0.29) is 24.8 Å². The molecule has 1 aliphatic rings. The molecule has 2 heterocycles. The van der Waals surface area contributed by atoms with Gasteiger partial charge in [0.15, 0.2) is 0 Å². The fourth-order valence-corrected chi connectivity index (χ4v) is 2.87. The average molecular weight is 340 g/mol. The highest BCUT2D eigenvalue weighted by Crippen LogP contribution is 2.28. The molecule has 0 bridgehead atoms. The maximum atomic E-state index is 13.9. The highest BCUT2D eigenvalue weighted by atomic mass is 79.9. The monoisotopic (exact) mass is 339 g/mol. The van der Waals surface area contributed by atoms with E-state index in [1.165, 1.54) is 17.1 Å². The molecule has 0 aliphatic carbocycles. The Labute approximate surface area is 122 Å². The van der Waals surface area contributed by atoms with Crippen molar-refractivity contribution < 1.29 is 9.18 Å². The van der Waals surface area contributed by atoms with Crippen LogP contribution in [0.15, 0.2) is 22.9 Å². The summed E-state index contributed by atoms with van der Waals surface area (Å²) in [5.41, 5.74) is 1.52. The maximum Gasteiger partial charge on any atom is 0.244 e. The van der Waals surface area contributed by atoms with E-state index in [0.717, 1.165) is 10.0 Å². The first-order chi connectivity index (χ1) is 9.65. The van der Waals surface area contributed by atoms with Crippen molar-refractivity contribution in [2.45, 2.75) is 19.5 Å². The van der Waals surface area contributed by atoms with E-state index in [1.807, 2.05) is 0 Å². The number of tetrazole rings is 1. The van der Waals surface area contributed by atoms with Crippen LogP contribution in [0.2, 0.25) is 0 Å². The van der Waals surface area contributed by atoms with E-state index in [0.29, 0.717) is 18.5 Å². The Kier molecular flexibility index (Phi) is 3.47. The molecule has 0 unspecified atom stereocenters. The van der Waals surface area contributed by atoms with Crippen molar-refractivity contribution >= 4 is 21.8 Å². The number of carbonyl (C=O) groups excluding carboxylic acids is 1. The van der Waals surface area contributed by atoms with Gasteiger partial charge in [-0.15, -0.1) is 5.10 Å². The van der Waals surface area contributed by atoms with Gasteiger partial charge in [0, 0.05) is 23.1 Å². The second-order valence-electron chi connectivity index (χ2n) is 4.56. The van der Waals surface area contributed by atoms with Crippen molar-refractivity contribution in [3.63, 3.8) is 0 Å². The lowest BCUT2D eigenvalue weighted by atomic mass is 9.99.